The summed E-state index contributed by atoms with van der Waals surface area (Å²) in [6.07, 6.45) is 0. The minimum absolute atomic E-state index is 0.106. The van der Waals surface area contributed by atoms with Crippen molar-refractivity contribution < 1.29 is 4.74 Å². The minimum atomic E-state index is -0.106. The van der Waals surface area contributed by atoms with E-state index in [1.807, 2.05) is 0 Å². The molecule has 2 heteroatoms. The topological polar surface area (TPSA) is 12.5 Å². The molecule has 326 valence electrons. The lowest BCUT2D eigenvalue weighted by Gasteiger charge is -2.28. The quantitative estimate of drug-likeness (QED) is 0.158. The number of anilines is 3. The molecule has 11 aromatic carbocycles. The molecule has 0 radical (unpaired) electrons. The molecular formula is C67H47NO. The van der Waals surface area contributed by atoms with Crippen LogP contribution in [0.2, 0.25) is 0 Å². The molecule has 13 rings (SSSR count). The molecule has 0 spiro atoms. The fraction of sp³-hybridized carbons (Fsp3) is 0.0448. The van der Waals surface area contributed by atoms with Gasteiger partial charge in [0, 0.05) is 33.6 Å². The number of benzene rings is 11. The maximum Gasteiger partial charge on any atom is 0.135 e. The molecule has 0 saturated heterocycles. The van der Waals surface area contributed by atoms with Crippen molar-refractivity contribution in [2.75, 3.05) is 4.90 Å². The van der Waals surface area contributed by atoms with Crippen molar-refractivity contribution in [1.82, 2.24) is 0 Å². The summed E-state index contributed by atoms with van der Waals surface area (Å²) in [5.41, 5.74) is 22.5. The van der Waals surface area contributed by atoms with Gasteiger partial charge in [-0.1, -0.05) is 196 Å². The van der Waals surface area contributed by atoms with E-state index in [4.69, 9.17) is 4.74 Å². The third-order valence-corrected chi connectivity index (χ3v) is 14.5. The molecule has 69 heavy (non-hydrogen) atoms. The van der Waals surface area contributed by atoms with Gasteiger partial charge in [0.05, 0.1) is 0 Å². The van der Waals surface area contributed by atoms with Crippen LogP contribution in [0.5, 0.6) is 11.5 Å². The van der Waals surface area contributed by atoms with Gasteiger partial charge in [-0.3, -0.25) is 0 Å². The molecule has 0 amide bonds. The second-order valence-corrected chi connectivity index (χ2v) is 18.9. The van der Waals surface area contributed by atoms with Crippen LogP contribution in [0.15, 0.2) is 249 Å². The highest BCUT2D eigenvalue weighted by molar-refractivity contribution is 6.03. The Hall–Kier alpha value is -8.72. The maximum atomic E-state index is 6.99. The van der Waals surface area contributed by atoms with Crippen molar-refractivity contribution in [3.63, 3.8) is 0 Å². The van der Waals surface area contributed by atoms with E-state index in [1.165, 1.54) is 60.8 Å². The Balaban J connectivity index is 0.838. The van der Waals surface area contributed by atoms with Crippen LogP contribution in [0, 0.1) is 0 Å². The van der Waals surface area contributed by atoms with Crippen LogP contribution in [-0.2, 0) is 5.41 Å². The highest BCUT2D eigenvalue weighted by Crippen LogP contribution is 2.53. The summed E-state index contributed by atoms with van der Waals surface area (Å²) in [5, 5.41) is 2.42. The van der Waals surface area contributed by atoms with Crippen molar-refractivity contribution in [3.8, 4) is 89.4 Å². The highest BCUT2D eigenvalue weighted by atomic mass is 16.5. The third kappa shape index (κ3) is 6.95. The van der Waals surface area contributed by atoms with Gasteiger partial charge in [0.25, 0.3) is 0 Å². The Morgan fingerprint density at radius 2 is 0.768 bits per heavy atom. The standard InChI is InChI=1S/C67H47NO/c1-67(2)62-22-12-11-20-57(62)58-39-37-55(43-63(58)67)68(53-33-28-46(29-34-53)44-14-5-3-6-15-44)54-35-30-47(31-36-54)45-24-26-48(27-25-45)52-32-38-59-60-40-50-18-9-10-19-51(50)41-61(60)66-56(49-16-7-4-8-17-49)21-13-23-64(66)69-65(59)42-52/h3-43H,1-2H3. The van der Waals surface area contributed by atoms with Crippen molar-refractivity contribution in [3.05, 3.63) is 260 Å². The smallest absolute Gasteiger partial charge is 0.135 e. The molecule has 1 aliphatic heterocycles. The van der Waals surface area contributed by atoms with Crippen LogP contribution in [0.4, 0.5) is 17.1 Å². The van der Waals surface area contributed by atoms with Crippen molar-refractivity contribution >= 4 is 27.8 Å². The van der Waals surface area contributed by atoms with Gasteiger partial charge in [-0.05, 0) is 155 Å². The van der Waals surface area contributed by atoms with Gasteiger partial charge < -0.3 is 9.64 Å². The van der Waals surface area contributed by atoms with Crippen LogP contribution < -0.4 is 9.64 Å². The number of hydrogen-bond donors (Lipinski definition) is 0. The Morgan fingerprint density at radius 3 is 1.43 bits per heavy atom. The summed E-state index contributed by atoms with van der Waals surface area (Å²) in [7, 11) is 0. The normalized spacial score (nSPS) is 12.7. The number of fused-ring (bicyclic) bond motifs is 9. The summed E-state index contributed by atoms with van der Waals surface area (Å²) in [6.45, 7) is 4.70. The molecule has 0 saturated carbocycles. The summed E-state index contributed by atoms with van der Waals surface area (Å²) < 4.78 is 6.99. The molecule has 0 N–H and O–H groups in total. The Labute approximate surface area is 404 Å². The lowest BCUT2D eigenvalue weighted by molar-refractivity contribution is 0.488. The third-order valence-electron chi connectivity index (χ3n) is 14.5. The van der Waals surface area contributed by atoms with E-state index in [0.29, 0.717) is 0 Å². The largest absolute Gasteiger partial charge is 0.456 e. The van der Waals surface area contributed by atoms with Crippen LogP contribution in [0.3, 0.4) is 0 Å². The molecule has 2 aliphatic rings. The first-order valence-corrected chi connectivity index (χ1v) is 23.9. The SMILES string of the molecule is CC1(C)c2ccccc2-c2ccc(N(c3ccc(-c4ccccc4)cc3)c3ccc(-c4ccc(-c5ccc6c(c5)Oc5cccc(-c7ccccc7)c5-c5cc7ccccc7cc5-6)cc4)cc3)cc21. The van der Waals surface area contributed by atoms with Gasteiger partial charge >= 0.3 is 0 Å². The average molecular weight is 882 g/mol. The monoisotopic (exact) mass is 881 g/mol. The van der Waals surface area contributed by atoms with E-state index in [0.717, 1.165) is 67.5 Å². The lowest BCUT2D eigenvalue weighted by atomic mass is 9.82. The van der Waals surface area contributed by atoms with E-state index < -0.39 is 0 Å². The molecule has 0 bridgehead atoms. The molecule has 0 atom stereocenters. The van der Waals surface area contributed by atoms with Crippen molar-refractivity contribution in [1.29, 1.82) is 0 Å². The van der Waals surface area contributed by atoms with Crippen molar-refractivity contribution in [2.24, 2.45) is 0 Å². The maximum absolute atomic E-state index is 6.99. The summed E-state index contributed by atoms with van der Waals surface area (Å²) in [6, 6.07) is 90.4. The van der Waals surface area contributed by atoms with Gasteiger partial charge in [-0.15, -0.1) is 0 Å². The molecule has 2 nitrogen and oxygen atoms in total. The van der Waals surface area contributed by atoms with E-state index >= 15 is 0 Å². The van der Waals surface area contributed by atoms with Crippen LogP contribution in [0.1, 0.15) is 25.0 Å². The summed E-state index contributed by atoms with van der Waals surface area (Å²) in [4.78, 5) is 2.39. The molecule has 1 heterocycles. The second kappa shape index (κ2) is 16.3. The first-order valence-electron chi connectivity index (χ1n) is 23.9. The summed E-state index contributed by atoms with van der Waals surface area (Å²) >= 11 is 0. The number of nitrogens with zero attached hydrogens (tertiary/aromatic N) is 1. The Bertz CT molecular complexity index is 3740. The zero-order chi connectivity index (χ0) is 46.1. The second-order valence-electron chi connectivity index (χ2n) is 18.9. The van der Waals surface area contributed by atoms with E-state index in [9.17, 15) is 0 Å². The van der Waals surface area contributed by atoms with Crippen molar-refractivity contribution in [2.45, 2.75) is 19.3 Å². The highest BCUT2D eigenvalue weighted by Gasteiger charge is 2.36. The van der Waals surface area contributed by atoms with Gasteiger partial charge in [-0.25, -0.2) is 0 Å². The van der Waals surface area contributed by atoms with E-state index in [-0.39, 0.29) is 5.41 Å². The van der Waals surface area contributed by atoms with Gasteiger partial charge in [-0.2, -0.15) is 0 Å². The predicted molar refractivity (Wildman–Crippen MR) is 289 cm³/mol. The van der Waals surface area contributed by atoms with Gasteiger partial charge in [0.1, 0.15) is 11.5 Å². The zero-order valence-electron chi connectivity index (χ0n) is 38.5. The van der Waals surface area contributed by atoms with Crippen LogP contribution >= 0.6 is 0 Å². The number of ether oxygens (including phenoxy) is 1. The molecule has 1 aliphatic carbocycles. The van der Waals surface area contributed by atoms with E-state index in [1.54, 1.807) is 0 Å². The van der Waals surface area contributed by atoms with E-state index in [2.05, 4.69) is 267 Å². The minimum Gasteiger partial charge on any atom is -0.456 e. The average Bonchev–Trinajstić information content (AvgIpc) is 3.54. The van der Waals surface area contributed by atoms with Gasteiger partial charge in [0.2, 0.25) is 0 Å². The molecule has 0 aromatic heterocycles. The first kappa shape index (κ1) is 40.5. The zero-order valence-corrected chi connectivity index (χ0v) is 38.5. The Kier molecular flexibility index (Phi) is 9.55. The van der Waals surface area contributed by atoms with Crippen LogP contribution in [0.25, 0.3) is 88.7 Å². The summed E-state index contributed by atoms with van der Waals surface area (Å²) in [5.74, 6) is 1.71. The lowest BCUT2D eigenvalue weighted by Crippen LogP contribution is -2.16. The molecular weight excluding hydrogens is 835 g/mol. The molecule has 11 aromatic rings. The van der Waals surface area contributed by atoms with Crippen LogP contribution in [-0.4, -0.2) is 0 Å². The van der Waals surface area contributed by atoms with Gasteiger partial charge in [0.15, 0.2) is 0 Å². The molecule has 0 fully saturated rings. The first-order chi connectivity index (χ1) is 33.9. The number of hydrogen-bond acceptors (Lipinski definition) is 2. The fourth-order valence-corrected chi connectivity index (χ4v) is 10.9. The number of rotatable bonds is 7. The predicted octanol–water partition coefficient (Wildman–Crippen LogP) is 18.7. The molecule has 0 unspecified atom stereocenters. The fourth-order valence-electron chi connectivity index (χ4n) is 10.9. The Morgan fingerprint density at radius 1 is 0.290 bits per heavy atom.